The van der Waals surface area contributed by atoms with Crippen LogP contribution in [0.2, 0.25) is 0 Å². The summed E-state index contributed by atoms with van der Waals surface area (Å²) in [6.45, 7) is 1.97. The standard InChI is InChI=1S/C7H7ClN4/c1-5-2-3-9-7-11-10-6(4-8)12(5)7/h2-3H,4H2,1H3. The maximum Gasteiger partial charge on any atom is 0.255 e. The Morgan fingerprint density at radius 3 is 3.08 bits per heavy atom. The van der Waals surface area contributed by atoms with Crippen LogP contribution in [0.1, 0.15) is 11.5 Å². The summed E-state index contributed by atoms with van der Waals surface area (Å²) in [6.07, 6.45) is 1.71. The SMILES string of the molecule is Cc1ccnc2nnc(CCl)n12. The van der Waals surface area contributed by atoms with Gasteiger partial charge in [0.2, 0.25) is 0 Å². The van der Waals surface area contributed by atoms with Gasteiger partial charge in [-0.25, -0.2) is 4.98 Å². The molecule has 0 saturated carbocycles. The Morgan fingerprint density at radius 1 is 1.50 bits per heavy atom. The average Bonchev–Trinajstić information content (AvgIpc) is 2.49. The van der Waals surface area contributed by atoms with Crippen molar-refractivity contribution < 1.29 is 0 Å². The Balaban J connectivity index is 2.83. The quantitative estimate of drug-likeness (QED) is 0.622. The van der Waals surface area contributed by atoms with E-state index >= 15 is 0 Å². The molecule has 0 fully saturated rings. The number of hydrogen-bond donors (Lipinski definition) is 0. The zero-order chi connectivity index (χ0) is 8.55. The first-order chi connectivity index (χ1) is 5.83. The van der Waals surface area contributed by atoms with E-state index in [9.17, 15) is 0 Å². The minimum absolute atomic E-state index is 0.355. The molecule has 2 aromatic rings. The largest absolute Gasteiger partial charge is 0.267 e. The Morgan fingerprint density at radius 2 is 2.33 bits per heavy atom. The summed E-state index contributed by atoms with van der Waals surface area (Å²) in [4.78, 5) is 4.04. The number of aryl methyl sites for hydroxylation is 1. The Bertz CT molecular complexity index is 409. The second-order valence-corrected chi connectivity index (χ2v) is 2.74. The molecule has 62 valence electrons. The third-order valence-corrected chi connectivity index (χ3v) is 1.93. The molecule has 0 aliphatic rings. The molecule has 0 N–H and O–H groups in total. The smallest absolute Gasteiger partial charge is 0.255 e. The Kier molecular flexibility index (Phi) is 1.69. The topological polar surface area (TPSA) is 43.1 Å². The van der Waals surface area contributed by atoms with Gasteiger partial charge in [0.25, 0.3) is 5.78 Å². The van der Waals surface area contributed by atoms with Crippen molar-refractivity contribution in [2.24, 2.45) is 0 Å². The van der Waals surface area contributed by atoms with E-state index in [2.05, 4.69) is 15.2 Å². The number of aromatic nitrogens is 4. The molecule has 0 saturated heterocycles. The fraction of sp³-hybridized carbons (Fsp3) is 0.286. The third-order valence-electron chi connectivity index (χ3n) is 1.69. The fourth-order valence-corrected chi connectivity index (χ4v) is 1.30. The van der Waals surface area contributed by atoms with Gasteiger partial charge in [0.1, 0.15) is 0 Å². The normalized spacial score (nSPS) is 10.8. The number of hydrogen-bond acceptors (Lipinski definition) is 3. The van der Waals surface area contributed by atoms with Crippen LogP contribution in [0.25, 0.3) is 5.78 Å². The lowest BCUT2D eigenvalue weighted by atomic mass is 10.4. The molecule has 0 spiro atoms. The maximum atomic E-state index is 5.67. The van der Waals surface area contributed by atoms with Crippen LogP contribution in [0.3, 0.4) is 0 Å². The lowest BCUT2D eigenvalue weighted by molar-refractivity contribution is 0.952. The molecular formula is C7H7ClN4. The average molecular weight is 183 g/mol. The highest BCUT2D eigenvalue weighted by Gasteiger charge is 2.05. The number of halogens is 1. The van der Waals surface area contributed by atoms with Gasteiger partial charge in [0, 0.05) is 11.9 Å². The van der Waals surface area contributed by atoms with E-state index in [1.54, 1.807) is 6.20 Å². The summed E-state index contributed by atoms with van der Waals surface area (Å²) in [7, 11) is 0. The van der Waals surface area contributed by atoms with Crippen LogP contribution in [-0.4, -0.2) is 19.6 Å². The van der Waals surface area contributed by atoms with Gasteiger partial charge in [-0.15, -0.1) is 21.8 Å². The second kappa shape index (κ2) is 2.71. The van der Waals surface area contributed by atoms with E-state index in [0.29, 0.717) is 11.7 Å². The molecule has 0 unspecified atom stereocenters. The molecule has 0 aliphatic carbocycles. The van der Waals surface area contributed by atoms with Crippen LogP contribution in [0.4, 0.5) is 0 Å². The van der Waals surface area contributed by atoms with Gasteiger partial charge in [0.05, 0.1) is 5.88 Å². The molecule has 2 heterocycles. The first-order valence-electron chi connectivity index (χ1n) is 3.54. The minimum Gasteiger partial charge on any atom is -0.267 e. The molecule has 2 aromatic heterocycles. The van der Waals surface area contributed by atoms with Crippen molar-refractivity contribution in [3.63, 3.8) is 0 Å². The zero-order valence-electron chi connectivity index (χ0n) is 6.53. The molecule has 2 rings (SSSR count). The first-order valence-corrected chi connectivity index (χ1v) is 4.08. The lowest BCUT2D eigenvalue weighted by Gasteiger charge is -1.98. The summed E-state index contributed by atoms with van der Waals surface area (Å²) in [5.74, 6) is 1.69. The van der Waals surface area contributed by atoms with E-state index in [1.165, 1.54) is 0 Å². The number of nitrogens with zero attached hydrogens (tertiary/aromatic N) is 4. The van der Waals surface area contributed by atoms with Gasteiger partial charge in [-0.3, -0.25) is 4.40 Å². The van der Waals surface area contributed by atoms with Gasteiger partial charge in [-0.05, 0) is 13.0 Å². The monoisotopic (exact) mass is 182 g/mol. The molecule has 4 nitrogen and oxygen atoms in total. The molecule has 12 heavy (non-hydrogen) atoms. The first kappa shape index (κ1) is 7.49. The Labute approximate surface area is 74.2 Å². The van der Waals surface area contributed by atoms with Crippen molar-refractivity contribution >= 4 is 17.4 Å². The van der Waals surface area contributed by atoms with Gasteiger partial charge < -0.3 is 0 Å². The van der Waals surface area contributed by atoms with Crippen molar-refractivity contribution in [1.29, 1.82) is 0 Å². The van der Waals surface area contributed by atoms with Gasteiger partial charge in [-0.1, -0.05) is 0 Å². The molecule has 0 radical (unpaired) electrons. The van der Waals surface area contributed by atoms with Crippen molar-refractivity contribution in [3.05, 3.63) is 23.8 Å². The van der Waals surface area contributed by atoms with E-state index in [1.807, 2.05) is 17.4 Å². The van der Waals surface area contributed by atoms with Gasteiger partial charge >= 0.3 is 0 Å². The highest BCUT2D eigenvalue weighted by Crippen LogP contribution is 2.06. The van der Waals surface area contributed by atoms with Crippen LogP contribution in [0.5, 0.6) is 0 Å². The summed E-state index contributed by atoms with van der Waals surface area (Å²) in [5.41, 5.74) is 1.04. The van der Waals surface area contributed by atoms with Gasteiger partial charge in [0.15, 0.2) is 5.82 Å². The fourth-order valence-electron chi connectivity index (χ4n) is 1.12. The van der Waals surface area contributed by atoms with Crippen molar-refractivity contribution in [3.8, 4) is 0 Å². The van der Waals surface area contributed by atoms with Gasteiger partial charge in [-0.2, -0.15) is 0 Å². The van der Waals surface area contributed by atoms with E-state index < -0.39 is 0 Å². The second-order valence-electron chi connectivity index (χ2n) is 2.47. The highest BCUT2D eigenvalue weighted by molar-refractivity contribution is 6.16. The molecule has 5 heteroatoms. The van der Waals surface area contributed by atoms with Crippen LogP contribution >= 0.6 is 11.6 Å². The summed E-state index contributed by atoms with van der Waals surface area (Å²) in [6, 6.07) is 1.90. The predicted octanol–water partition coefficient (Wildman–Crippen LogP) is 1.17. The van der Waals surface area contributed by atoms with Crippen LogP contribution in [0, 0.1) is 6.92 Å². The number of rotatable bonds is 1. The van der Waals surface area contributed by atoms with Crippen molar-refractivity contribution in [2.75, 3.05) is 0 Å². The molecule has 0 aromatic carbocycles. The van der Waals surface area contributed by atoms with E-state index in [0.717, 1.165) is 11.5 Å². The third kappa shape index (κ3) is 0.956. The number of alkyl halides is 1. The van der Waals surface area contributed by atoms with E-state index in [4.69, 9.17) is 11.6 Å². The summed E-state index contributed by atoms with van der Waals surface area (Å²) < 4.78 is 1.84. The van der Waals surface area contributed by atoms with E-state index in [-0.39, 0.29) is 0 Å². The number of fused-ring (bicyclic) bond motifs is 1. The minimum atomic E-state index is 0.355. The van der Waals surface area contributed by atoms with Crippen molar-refractivity contribution in [1.82, 2.24) is 19.6 Å². The van der Waals surface area contributed by atoms with Crippen LogP contribution in [-0.2, 0) is 5.88 Å². The molecular weight excluding hydrogens is 176 g/mol. The zero-order valence-corrected chi connectivity index (χ0v) is 7.28. The van der Waals surface area contributed by atoms with Crippen molar-refractivity contribution in [2.45, 2.75) is 12.8 Å². The Hall–Kier alpha value is -1.16. The molecule has 0 atom stereocenters. The summed E-state index contributed by atoms with van der Waals surface area (Å²) >= 11 is 5.67. The predicted molar refractivity (Wildman–Crippen MR) is 45.1 cm³/mol. The summed E-state index contributed by atoms with van der Waals surface area (Å²) in [5, 5.41) is 7.76. The molecule has 0 aliphatic heterocycles. The lowest BCUT2D eigenvalue weighted by Crippen LogP contribution is -1.96. The molecule has 0 bridgehead atoms. The molecule has 0 amide bonds. The van der Waals surface area contributed by atoms with Crippen LogP contribution < -0.4 is 0 Å². The highest BCUT2D eigenvalue weighted by atomic mass is 35.5. The maximum absolute atomic E-state index is 5.67. The van der Waals surface area contributed by atoms with Crippen LogP contribution in [0.15, 0.2) is 12.3 Å².